The van der Waals surface area contributed by atoms with Gasteiger partial charge in [0.15, 0.2) is 0 Å². The number of esters is 1. The highest BCUT2D eigenvalue weighted by Gasteiger charge is 2.44. The van der Waals surface area contributed by atoms with E-state index in [9.17, 15) is 9.59 Å². The largest absolute Gasteiger partial charge is 0.468 e. The molecular formula is C19H26N2O4. The van der Waals surface area contributed by atoms with E-state index in [2.05, 4.69) is 5.32 Å². The van der Waals surface area contributed by atoms with Gasteiger partial charge in [0, 0.05) is 26.2 Å². The molecule has 0 saturated carbocycles. The number of nitrogens with one attached hydrogen (secondary N) is 1. The van der Waals surface area contributed by atoms with Gasteiger partial charge >= 0.3 is 12.0 Å². The number of carbonyl (C=O) groups excluding carboxylic acids is 2. The molecule has 0 radical (unpaired) electrons. The molecule has 2 fully saturated rings. The van der Waals surface area contributed by atoms with E-state index in [0.29, 0.717) is 32.5 Å². The average Bonchev–Trinajstić information content (AvgIpc) is 3.20. The number of hydrogen-bond donors (Lipinski definition) is 1. The summed E-state index contributed by atoms with van der Waals surface area (Å²) in [5.41, 5.74) is 0.294. The van der Waals surface area contributed by atoms with Crippen LogP contribution in [0.4, 0.5) is 4.79 Å². The van der Waals surface area contributed by atoms with Gasteiger partial charge in [0.25, 0.3) is 0 Å². The number of urea groups is 1. The zero-order valence-electron chi connectivity index (χ0n) is 14.7. The van der Waals surface area contributed by atoms with Crippen LogP contribution in [0.25, 0.3) is 0 Å². The van der Waals surface area contributed by atoms with E-state index < -0.39 is 5.41 Å². The Morgan fingerprint density at radius 1 is 1.28 bits per heavy atom. The highest BCUT2D eigenvalue weighted by Crippen LogP contribution is 2.36. The average molecular weight is 346 g/mol. The molecule has 2 heterocycles. The minimum atomic E-state index is -0.665. The molecule has 0 aromatic heterocycles. The van der Waals surface area contributed by atoms with Gasteiger partial charge in [-0.15, -0.1) is 0 Å². The molecule has 0 spiro atoms. The molecule has 1 aromatic carbocycles. The Labute approximate surface area is 148 Å². The van der Waals surface area contributed by atoms with Crippen molar-refractivity contribution < 1.29 is 19.1 Å². The van der Waals surface area contributed by atoms with E-state index in [4.69, 9.17) is 9.47 Å². The summed E-state index contributed by atoms with van der Waals surface area (Å²) in [7, 11) is 1.42. The Hall–Kier alpha value is -2.08. The van der Waals surface area contributed by atoms with Crippen LogP contribution in [0.15, 0.2) is 30.3 Å². The van der Waals surface area contributed by atoms with E-state index in [0.717, 1.165) is 25.0 Å². The molecule has 25 heavy (non-hydrogen) atoms. The molecule has 1 aromatic rings. The van der Waals surface area contributed by atoms with Gasteiger partial charge < -0.3 is 19.7 Å². The first-order valence-electron chi connectivity index (χ1n) is 8.94. The fourth-order valence-electron chi connectivity index (χ4n) is 3.77. The Morgan fingerprint density at radius 3 is 2.60 bits per heavy atom. The van der Waals surface area contributed by atoms with E-state index in [1.54, 1.807) is 4.90 Å². The van der Waals surface area contributed by atoms with Crippen molar-refractivity contribution in [3.8, 4) is 0 Å². The molecule has 136 valence electrons. The number of rotatable bonds is 4. The first-order chi connectivity index (χ1) is 12.2. The lowest BCUT2D eigenvalue weighted by Gasteiger charge is -2.40. The lowest BCUT2D eigenvalue weighted by atomic mass is 9.73. The van der Waals surface area contributed by atoms with Crippen molar-refractivity contribution in [2.75, 3.05) is 33.4 Å². The molecular weight excluding hydrogens is 320 g/mol. The maximum Gasteiger partial charge on any atom is 0.317 e. The number of ether oxygens (including phenoxy) is 2. The SMILES string of the molecule is COC(=O)C1(c2ccccc2)CCN(C(=O)NC[C@H]2CCCO2)CC1. The summed E-state index contributed by atoms with van der Waals surface area (Å²) in [5.74, 6) is -0.224. The van der Waals surface area contributed by atoms with Crippen LogP contribution >= 0.6 is 0 Å². The van der Waals surface area contributed by atoms with Crippen molar-refractivity contribution in [1.29, 1.82) is 0 Å². The number of piperidine rings is 1. The van der Waals surface area contributed by atoms with Crippen LogP contribution in [0.3, 0.4) is 0 Å². The van der Waals surface area contributed by atoms with E-state index >= 15 is 0 Å². The number of nitrogens with zero attached hydrogens (tertiary/aromatic N) is 1. The summed E-state index contributed by atoms with van der Waals surface area (Å²) in [5, 5.41) is 2.95. The number of benzene rings is 1. The third-order valence-electron chi connectivity index (χ3n) is 5.31. The Kier molecular flexibility index (Phi) is 5.58. The van der Waals surface area contributed by atoms with Crippen LogP contribution in [0.5, 0.6) is 0 Å². The van der Waals surface area contributed by atoms with Crippen LogP contribution in [0.1, 0.15) is 31.2 Å². The summed E-state index contributed by atoms with van der Waals surface area (Å²) < 4.78 is 10.6. The monoisotopic (exact) mass is 346 g/mol. The molecule has 6 heteroatoms. The number of hydrogen-bond acceptors (Lipinski definition) is 4. The molecule has 2 aliphatic heterocycles. The highest BCUT2D eigenvalue weighted by atomic mass is 16.5. The van der Waals surface area contributed by atoms with Crippen LogP contribution < -0.4 is 5.32 Å². The molecule has 3 rings (SSSR count). The van der Waals surface area contributed by atoms with Crippen molar-refractivity contribution in [1.82, 2.24) is 10.2 Å². The second-order valence-electron chi connectivity index (χ2n) is 6.75. The van der Waals surface area contributed by atoms with Crippen LogP contribution in [-0.4, -0.2) is 56.4 Å². The van der Waals surface area contributed by atoms with Crippen molar-refractivity contribution in [2.45, 2.75) is 37.2 Å². The minimum absolute atomic E-state index is 0.0815. The summed E-state index contributed by atoms with van der Waals surface area (Å²) in [6, 6.07) is 9.64. The first kappa shape index (κ1) is 17.7. The third-order valence-corrected chi connectivity index (χ3v) is 5.31. The molecule has 0 unspecified atom stereocenters. The fraction of sp³-hybridized carbons (Fsp3) is 0.579. The lowest BCUT2D eigenvalue weighted by molar-refractivity contribution is -0.149. The summed E-state index contributed by atoms with van der Waals surface area (Å²) >= 11 is 0. The summed E-state index contributed by atoms with van der Waals surface area (Å²) in [4.78, 5) is 26.7. The van der Waals surface area contributed by atoms with Gasteiger partial charge in [-0.05, 0) is 31.2 Å². The minimum Gasteiger partial charge on any atom is -0.468 e. The van der Waals surface area contributed by atoms with Crippen molar-refractivity contribution in [2.24, 2.45) is 0 Å². The standard InChI is InChI=1S/C19H26N2O4/c1-24-17(22)19(15-6-3-2-4-7-15)9-11-21(12-10-19)18(23)20-14-16-8-5-13-25-16/h2-4,6-7,16H,5,8-14H2,1H3,(H,20,23)/t16-/m1/s1. The van der Waals surface area contributed by atoms with E-state index in [1.807, 2.05) is 30.3 Å². The second-order valence-corrected chi connectivity index (χ2v) is 6.75. The van der Waals surface area contributed by atoms with Crippen molar-refractivity contribution in [3.63, 3.8) is 0 Å². The van der Waals surface area contributed by atoms with Gasteiger partial charge in [-0.2, -0.15) is 0 Å². The van der Waals surface area contributed by atoms with Crippen molar-refractivity contribution in [3.05, 3.63) is 35.9 Å². The van der Waals surface area contributed by atoms with Crippen LogP contribution in [-0.2, 0) is 19.7 Å². The van der Waals surface area contributed by atoms with Gasteiger partial charge in [-0.3, -0.25) is 4.79 Å². The molecule has 6 nitrogen and oxygen atoms in total. The van der Waals surface area contributed by atoms with Gasteiger partial charge in [-0.1, -0.05) is 30.3 Å². The number of likely N-dealkylation sites (tertiary alicyclic amines) is 1. The molecule has 0 aliphatic carbocycles. The third kappa shape index (κ3) is 3.79. The maximum absolute atomic E-state index is 12.5. The normalized spacial score (nSPS) is 22.4. The highest BCUT2D eigenvalue weighted by molar-refractivity contribution is 5.84. The second kappa shape index (κ2) is 7.87. The predicted molar refractivity (Wildman–Crippen MR) is 93.3 cm³/mol. The molecule has 2 aliphatic rings. The summed E-state index contributed by atoms with van der Waals surface area (Å²) in [6.07, 6.45) is 3.32. The molecule has 1 N–H and O–H groups in total. The Balaban J connectivity index is 1.61. The zero-order chi connectivity index (χ0) is 17.7. The number of amides is 2. The van der Waals surface area contributed by atoms with Gasteiger partial charge in [0.05, 0.1) is 18.6 Å². The van der Waals surface area contributed by atoms with Gasteiger partial charge in [-0.25, -0.2) is 4.79 Å². The predicted octanol–water partition coefficient (Wildman–Crippen LogP) is 2.08. The van der Waals surface area contributed by atoms with E-state index in [1.165, 1.54) is 7.11 Å². The maximum atomic E-state index is 12.5. The smallest absolute Gasteiger partial charge is 0.317 e. The van der Waals surface area contributed by atoms with Gasteiger partial charge in [0.1, 0.15) is 0 Å². The fourth-order valence-corrected chi connectivity index (χ4v) is 3.77. The molecule has 0 bridgehead atoms. The number of carbonyl (C=O) groups is 2. The topological polar surface area (TPSA) is 67.9 Å². The van der Waals surface area contributed by atoms with Gasteiger partial charge in [0.2, 0.25) is 0 Å². The quantitative estimate of drug-likeness (QED) is 0.848. The molecule has 2 amide bonds. The molecule has 2 saturated heterocycles. The Bertz CT molecular complexity index is 591. The number of methoxy groups -OCH3 is 1. The lowest BCUT2D eigenvalue weighted by Crippen LogP contribution is -2.52. The van der Waals surface area contributed by atoms with Crippen LogP contribution in [0, 0.1) is 0 Å². The molecule has 1 atom stereocenters. The summed E-state index contributed by atoms with van der Waals surface area (Å²) in [6.45, 7) is 2.39. The Morgan fingerprint density at radius 2 is 2.00 bits per heavy atom. The first-order valence-corrected chi connectivity index (χ1v) is 8.94. The van der Waals surface area contributed by atoms with Crippen LogP contribution in [0.2, 0.25) is 0 Å². The van der Waals surface area contributed by atoms with E-state index in [-0.39, 0.29) is 18.1 Å². The zero-order valence-corrected chi connectivity index (χ0v) is 14.7. The van der Waals surface area contributed by atoms with Crippen molar-refractivity contribution >= 4 is 12.0 Å².